The zero-order chi connectivity index (χ0) is 16.2. The van der Waals surface area contributed by atoms with E-state index in [0.717, 1.165) is 24.3 Å². The smallest absolute Gasteiger partial charge is 0.250 e. The van der Waals surface area contributed by atoms with Crippen LogP contribution in [-0.4, -0.2) is 44.7 Å². The highest BCUT2D eigenvalue weighted by Gasteiger charge is 2.18. The van der Waals surface area contributed by atoms with Gasteiger partial charge >= 0.3 is 0 Å². The topological polar surface area (TPSA) is 75.4 Å². The molecule has 122 valence electrons. The van der Waals surface area contributed by atoms with Crippen LogP contribution in [-0.2, 0) is 10.0 Å². The molecule has 0 aliphatic carbocycles. The van der Waals surface area contributed by atoms with Gasteiger partial charge in [0.05, 0.1) is 5.69 Å². The largest absolute Gasteiger partial charge is 0.356 e. The zero-order valence-electron chi connectivity index (χ0n) is 13.0. The summed E-state index contributed by atoms with van der Waals surface area (Å²) >= 11 is 1.18. The van der Waals surface area contributed by atoms with Crippen LogP contribution in [0, 0.1) is 6.92 Å². The maximum atomic E-state index is 12.3. The Hall–Kier alpha value is -1.22. The highest BCUT2D eigenvalue weighted by molar-refractivity contribution is 7.91. The minimum Gasteiger partial charge on any atom is -0.356 e. The molecule has 0 amide bonds. The lowest BCUT2D eigenvalue weighted by molar-refractivity contribution is 0.309. The summed E-state index contributed by atoms with van der Waals surface area (Å²) in [6.45, 7) is 8.86. The third kappa shape index (κ3) is 4.16. The second-order valence-electron chi connectivity index (χ2n) is 4.91. The Labute approximate surface area is 135 Å². The summed E-state index contributed by atoms with van der Waals surface area (Å²) < 4.78 is 32.6. The summed E-state index contributed by atoms with van der Waals surface area (Å²) in [5, 5.41) is 5.57. The molecule has 2 heterocycles. The third-order valence-electron chi connectivity index (χ3n) is 3.37. The van der Waals surface area contributed by atoms with Crippen LogP contribution < -0.4 is 4.72 Å². The molecular formula is C14H21N3O3S2. The van der Waals surface area contributed by atoms with E-state index in [-0.39, 0.29) is 4.21 Å². The van der Waals surface area contributed by atoms with Crippen LogP contribution >= 0.6 is 11.3 Å². The average Bonchev–Trinajstić information content (AvgIpc) is 3.12. The number of sulfonamides is 1. The van der Waals surface area contributed by atoms with Crippen molar-refractivity contribution in [1.29, 1.82) is 0 Å². The molecule has 22 heavy (non-hydrogen) atoms. The van der Waals surface area contributed by atoms with Gasteiger partial charge in [-0.15, -0.1) is 11.3 Å². The number of nitrogens with one attached hydrogen (secondary N) is 1. The number of thiophene rings is 1. The van der Waals surface area contributed by atoms with Gasteiger partial charge in [0.1, 0.15) is 4.21 Å². The monoisotopic (exact) mass is 343 g/mol. The van der Waals surface area contributed by atoms with Crippen molar-refractivity contribution in [2.24, 2.45) is 0 Å². The quantitative estimate of drug-likeness (QED) is 0.796. The van der Waals surface area contributed by atoms with Gasteiger partial charge in [0.25, 0.3) is 0 Å². The highest BCUT2D eigenvalue weighted by Crippen LogP contribution is 2.28. The minimum absolute atomic E-state index is 0.288. The zero-order valence-corrected chi connectivity index (χ0v) is 14.6. The Kier molecular flexibility index (Phi) is 5.74. The molecule has 0 aliphatic heterocycles. The molecular weight excluding hydrogens is 322 g/mol. The number of hydrogen-bond donors (Lipinski definition) is 1. The first-order chi connectivity index (χ1) is 10.5. The fraction of sp³-hybridized carbons (Fsp3) is 0.500. The molecule has 2 aromatic rings. The van der Waals surface area contributed by atoms with E-state index in [1.54, 1.807) is 17.5 Å². The number of aromatic nitrogens is 1. The lowest BCUT2D eigenvalue weighted by atomic mass is 10.2. The fourth-order valence-electron chi connectivity index (χ4n) is 2.04. The molecule has 0 fully saturated rings. The standard InChI is InChI=1S/C14H21N3O3S2/c1-4-17(5-2)7-6-15-22(18,19)14-9-12(10-21-14)13-8-11(3)16-20-13/h8-10,15H,4-7H2,1-3H3. The number of nitrogens with zero attached hydrogens (tertiary/aromatic N) is 2. The molecule has 0 radical (unpaired) electrons. The van der Waals surface area contributed by atoms with E-state index >= 15 is 0 Å². The van der Waals surface area contributed by atoms with Gasteiger partial charge in [-0.2, -0.15) is 0 Å². The van der Waals surface area contributed by atoms with Crippen LogP contribution in [0.5, 0.6) is 0 Å². The Morgan fingerprint density at radius 1 is 1.32 bits per heavy atom. The number of likely N-dealkylation sites (N-methyl/N-ethyl adjacent to an activating group) is 1. The molecule has 0 bridgehead atoms. The molecule has 2 aromatic heterocycles. The van der Waals surface area contributed by atoms with Crippen molar-refractivity contribution in [1.82, 2.24) is 14.8 Å². The number of hydrogen-bond acceptors (Lipinski definition) is 6. The van der Waals surface area contributed by atoms with Crippen molar-refractivity contribution in [2.45, 2.75) is 25.0 Å². The van der Waals surface area contributed by atoms with E-state index in [2.05, 4.69) is 28.6 Å². The molecule has 6 nitrogen and oxygen atoms in total. The third-order valence-corrected chi connectivity index (χ3v) is 6.27. The van der Waals surface area contributed by atoms with Crippen molar-refractivity contribution >= 4 is 21.4 Å². The molecule has 0 aliphatic rings. The summed E-state index contributed by atoms with van der Waals surface area (Å²) in [6.07, 6.45) is 0. The van der Waals surface area contributed by atoms with E-state index in [4.69, 9.17) is 4.52 Å². The second-order valence-corrected chi connectivity index (χ2v) is 7.82. The lowest BCUT2D eigenvalue weighted by Gasteiger charge is -2.17. The van der Waals surface area contributed by atoms with Crippen molar-refractivity contribution in [3.8, 4) is 11.3 Å². The SMILES string of the molecule is CCN(CC)CCNS(=O)(=O)c1cc(-c2cc(C)no2)cs1. The molecule has 0 spiro atoms. The normalized spacial score (nSPS) is 12.2. The predicted molar refractivity (Wildman–Crippen MR) is 87.5 cm³/mol. The molecule has 0 saturated heterocycles. The van der Waals surface area contributed by atoms with Crippen LogP contribution in [0.2, 0.25) is 0 Å². The summed E-state index contributed by atoms with van der Waals surface area (Å²) in [4.78, 5) is 2.17. The average molecular weight is 343 g/mol. The molecule has 1 N–H and O–H groups in total. The molecule has 0 saturated carbocycles. The Morgan fingerprint density at radius 3 is 2.64 bits per heavy atom. The van der Waals surface area contributed by atoms with Gasteiger partial charge in [-0.25, -0.2) is 13.1 Å². The molecule has 8 heteroatoms. The number of aryl methyl sites for hydroxylation is 1. The second kappa shape index (κ2) is 7.36. The van der Waals surface area contributed by atoms with Gasteiger partial charge in [-0.1, -0.05) is 19.0 Å². The van der Waals surface area contributed by atoms with Crippen LogP contribution in [0.25, 0.3) is 11.3 Å². The maximum Gasteiger partial charge on any atom is 0.250 e. The van der Waals surface area contributed by atoms with Crippen molar-refractivity contribution in [2.75, 3.05) is 26.2 Å². The summed E-state index contributed by atoms with van der Waals surface area (Å²) in [6, 6.07) is 3.40. The van der Waals surface area contributed by atoms with Gasteiger partial charge < -0.3 is 9.42 Å². The number of rotatable bonds is 8. The Bertz CT molecular complexity index is 702. The molecule has 2 rings (SSSR count). The van der Waals surface area contributed by atoms with E-state index < -0.39 is 10.0 Å². The van der Waals surface area contributed by atoms with Gasteiger partial charge in [0.15, 0.2) is 5.76 Å². The Balaban J connectivity index is 2.02. The van der Waals surface area contributed by atoms with Gasteiger partial charge in [0.2, 0.25) is 10.0 Å². The van der Waals surface area contributed by atoms with E-state index in [9.17, 15) is 8.42 Å². The van der Waals surface area contributed by atoms with E-state index in [1.165, 1.54) is 11.3 Å². The van der Waals surface area contributed by atoms with Crippen molar-refractivity contribution < 1.29 is 12.9 Å². The maximum absolute atomic E-state index is 12.3. The lowest BCUT2D eigenvalue weighted by Crippen LogP contribution is -2.34. The van der Waals surface area contributed by atoms with Crippen LogP contribution in [0.4, 0.5) is 0 Å². The fourth-order valence-corrected chi connectivity index (χ4v) is 4.27. The molecule has 0 atom stereocenters. The van der Waals surface area contributed by atoms with Crippen LogP contribution in [0.15, 0.2) is 26.2 Å². The van der Waals surface area contributed by atoms with Gasteiger partial charge in [0, 0.05) is 30.1 Å². The summed E-state index contributed by atoms with van der Waals surface area (Å²) in [5.41, 5.74) is 1.50. The van der Waals surface area contributed by atoms with Crippen LogP contribution in [0.1, 0.15) is 19.5 Å². The van der Waals surface area contributed by atoms with Crippen LogP contribution in [0.3, 0.4) is 0 Å². The summed E-state index contributed by atoms with van der Waals surface area (Å²) in [5.74, 6) is 0.582. The summed E-state index contributed by atoms with van der Waals surface area (Å²) in [7, 11) is -3.47. The Morgan fingerprint density at radius 2 is 2.05 bits per heavy atom. The first kappa shape index (κ1) is 17.1. The van der Waals surface area contributed by atoms with Crippen molar-refractivity contribution in [3.63, 3.8) is 0 Å². The first-order valence-electron chi connectivity index (χ1n) is 7.20. The predicted octanol–water partition coefficient (Wildman–Crippen LogP) is 2.33. The van der Waals surface area contributed by atoms with E-state index in [0.29, 0.717) is 18.8 Å². The highest BCUT2D eigenvalue weighted by atomic mass is 32.2. The van der Waals surface area contributed by atoms with Gasteiger partial charge in [-0.05, 0) is 26.1 Å². The van der Waals surface area contributed by atoms with Gasteiger partial charge in [-0.3, -0.25) is 0 Å². The molecule has 0 unspecified atom stereocenters. The van der Waals surface area contributed by atoms with E-state index in [1.807, 2.05) is 6.92 Å². The minimum atomic E-state index is -3.47. The first-order valence-corrected chi connectivity index (χ1v) is 9.56. The molecule has 0 aromatic carbocycles. The van der Waals surface area contributed by atoms with Crippen molar-refractivity contribution in [3.05, 3.63) is 23.2 Å².